The van der Waals surface area contributed by atoms with Crippen molar-refractivity contribution < 1.29 is 14.0 Å². The van der Waals surface area contributed by atoms with E-state index in [9.17, 15) is 9.59 Å². The molecule has 27 heavy (non-hydrogen) atoms. The van der Waals surface area contributed by atoms with Crippen LogP contribution in [0.5, 0.6) is 0 Å². The molecule has 0 radical (unpaired) electrons. The minimum absolute atomic E-state index is 0.0585. The lowest BCUT2D eigenvalue weighted by Gasteiger charge is -2.17. The number of hydrogen-bond donors (Lipinski definition) is 1. The number of anilines is 1. The number of carbonyl (C=O) groups is 2. The number of rotatable bonds is 5. The molecule has 5 nitrogen and oxygen atoms in total. The summed E-state index contributed by atoms with van der Waals surface area (Å²) in [7, 11) is 1.59. The Bertz CT molecular complexity index is 1010. The molecule has 0 saturated heterocycles. The molecule has 3 rings (SSSR count). The van der Waals surface area contributed by atoms with Gasteiger partial charge in [0.15, 0.2) is 5.76 Å². The summed E-state index contributed by atoms with van der Waals surface area (Å²) in [6, 6.07) is 13.2. The maximum absolute atomic E-state index is 12.8. The van der Waals surface area contributed by atoms with E-state index in [2.05, 4.69) is 21.2 Å². The van der Waals surface area contributed by atoms with Gasteiger partial charge in [-0.1, -0.05) is 41.1 Å². The number of nitrogens with one attached hydrogen (secondary N) is 1. The number of fused-ring (bicyclic) bond motifs is 1. The van der Waals surface area contributed by atoms with Gasteiger partial charge in [-0.2, -0.15) is 0 Å². The van der Waals surface area contributed by atoms with Crippen molar-refractivity contribution >= 4 is 44.4 Å². The third kappa shape index (κ3) is 4.06. The molecular weight excluding hydrogens is 408 g/mol. The number of halogens is 1. The zero-order chi connectivity index (χ0) is 19.6. The highest BCUT2D eigenvalue weighted by molar-refractivity contribution is 9.10. The highest BCUT2D eigenvalue weighted by Crippen LogP contribution is 2.28. The maximum Gasteiger partial charge on any atom is 0.290 e. The molecule has 0 aliphatic rings. The number of benzene rings is 2. The van der Waals surface area contributed by atoms with Crippen LogP contribution in [0.15, 0.2) is 51.4 Å². The number of para-hydroxylation sites is 1. The minimum Gasteiger partial charge on any atom is -0.451 e. The SMILES string of the molecule is CCc1ccccc1NC(=O)CN(C)C(=O)c1oc2ccc(Br)cc2c1C. The van der Waals surface area contributed by atoms with Gasteiger partial charge in [-0.25, -0.2) is 0 Å². The zero-order valence-corrected chi connectivity index (χ0v) is 17.1. The highest BCUT2D eigenvalue weighted by atomic mass is 79.9. The Kier molecular flexibility index (Phi) is 5.65. The van der Waals surface area contributed by atoms with E-state index >= 15 is 0 Å². The van der Waals surface area contributed by atoms with Gasteiger partial charge in [0.2, 0.25) is 5.91 Å². The molecule has 0 aliphatic carbocycles. The summed E-state index contributed by atoms with van der Waals surface area (Å²) in [5.74, 6) is -0.311. The van der Waals surface area contributed by atoms with Crippen molar-refractivity contribution in [1.82, 2.24) is 4.90 Å². The molecule has 1 N–H and O–H groups in total. The van der Waals surface area contributed by atoms with Crippen LogP contribution in [-0.2, 0) is 11.2 Å². The molecule has 1 aromatic heterocycles. The Balaban J connectivity index is 1.74. The number of hydrogen-bond acceptors (Lipinski definition) is 3. The maximum atomic E-state index is 12.8. The van der Waals surface area contributed by atoms with E-state index in [1.54, 1.807) is 7.05 Å². The fourth-order valence-corrected chi connectivity index (χ4v) is 3.36. The predicted molar refractivity (Wildman–Crippen MR) is 110 cm³/mol. The first-order valence-corrected chi connectivity index (χ1v) is 9.52. The topological polar surface area (TPSA) is 62.6 Å². The Hall–Kier alpha value is -2.60. The fourth-order valence-electron chi connectivity index (χ4n) is 3.00. The molecule has 0 spiro atoms. The van der Waals surface area contributed by atoms with Gasteiger partial charge in [0.25, 0.3) is 5.91 Å². The molecule has 0 unspecified atom stereocenters. The predicted octanol–water partition coefficient (Wildman–Crippen LogP) is 4.78. The van der Waals surface area contributed by atoms with Gasteiger partial charge in [-0.05, 0) is 43.2 Å². The van der Waals surface area contributed by atoms with Crippen LogP contribution in [0, 0.1) is 6.92 Å². The second-order valence-corrected chi connectivity index (χ2v) is 7.33. The van der Waals surface area contributed by atoms with Crippen molar-refractivity contribution in [3.8, 4) is 0 Å². The summed E-state index contributed by atoms with van der Waals surface area (Å²) in [6.45, 7) is 3.82. The first kappa shape index (κ1) is 19.2. The van der Waals surface area contributed by atoms with Gasteiger partial charge in [0.05, 0.1) is 6.54 Å². The number of carbonyl (C=O) groups excluding carboxylic acids is 2. The number of aryl methyl sites for hydroxylation is 2. The monoisotopic (exact) mass is 428 g/mol. The molecule has 2 amide bonds. The molecule has 0 bridgehead atoms. The summed E-state index contributed by atoms with van der Waals surface area (Å²) in [4.78, 5) is 26.5. The van der Waals surface area contributed by atoms with E-state index in [-0.39, 0.29) is 24.1 Å². The largest absolute Gasteiger partial charge is 0.451 e. The van der Waals surface area contributed by atoms with E-state index in [1.165, 1.54) is 4.90 Å². The molecule has 3 aromatic rings. The van der Waals surface area contributed by atoms with Crippen LogP contribution in [-0.4, -0.2) is 30.3 Å². The molecule has 0 fully saturated rings. The standard InChI is InChI=1S/C21H21BrN2O3/c1-4-14-7-5-6-8-17(14)23-19(25)12-24(3)21(26)20-13(2)16-11-15(22)9-10-18(16)27-20/h5-11H,4,12H2,1-3H3,(H,23,25). The Morgan fingerprint density at radius 3 is 2.67 bits per heavy atom. The smallest absolute Gasteiger partial charge is 0.290 e. The van der Waals surface area contributed by atoms with Crippen LogP contribution in [0.4, 0.5) is 5.69 Å². The summed E-state index contributed by atoms with van der Waals surface area (Å²) in [6.07, 6.45) is 0.818. The van der Waals surface area contributed by atoms with Crippen molar-refractivity contribution in [3.05, 3.63) is 63.8 Å². The van der Waals surface area contributed by atoms with E-state index in [4.69, 9.17) is 4.42 Å². The van der Waals surface area contributed by atoms with E-state index in [1.807, 2.05) is 56.3 Å². The number of nitrogens with zero attached hydrogens (tertiary/aromatic N) is 1. The summed E-state index contributed by atoms with van der Waals surface area (Å²) in [5, 5.41) is 3.75. The Morgan fingerprint density at radius 2 is 1.93 bits per heavy atom. The van der Waals surface area contributed by atoms with E-state index in [0.29, 0.717) is 5.58 Å². The lowest BCUT2D eigenvalue weighted by molar-refractivity contribution is -0.116. The van der Waals surface area contributed by atoms with Gasteiger partial charge in [0.1, 0.15) is 5.58 Å². The summed E-state index contributed by atoms with van der Waals surface area (Å²) in [5.41, 5.74) is 3.24. The molecule has 0 aliphatic heterocycles. The Labute approximate surface area is 166 Å². The van der Waals surface area contributed by atoms with Crippen LogP contribution in [0.2, 0.25) is 0 Å². The van der Waals surface area contributed by atoms with Crippen molar-refractivity contribution in [3.63, 3.8) is 0 Å². The fraction of sp³-hybridized carbons (Fsp3) is 0.238. The number of furan rings is 1. The van der Waals surface area contributed by atoms with Crippen LogP contribution in [0.1, 0.15) is 28.6 Å². The van der Waals surface area contributed by atoms with E-state index < -0.39 is 0 Å². The normalized spacial score (nSPS) is 10.8. The second-order valence-electron chi connectivity index (χ2n) is 6.42. The first-order valence-electron chi connectivity index (χ1n) is 8.72. The molecule has 1 heterocycles. The number of amides is 2. The lowest BCUT2D eigenvalue weighted by Crippen LogP contribution is -2.35. The molecule has 6 heteroatoms. The third-order valence-corrected chi connectivity index (χ3v) is 4.99. The van der Waals surface area contributed by atoms with Crippen LogP contribution >= 0.6 is 15.9 Å². The summed E-state index contributed by atoms with van der Waals surface area (Å²) >= 11 is 3.43. The minimum atomic E-state index is -0.321. The van der Waals surface area contributed by atoms with E-state index in [0.717, 1.165) is 33.1 Å². The third-order valence-electron chi connectivity index (χ3n) is 4.49. The van der Waals surface area contributed by atoms with Gasteiger partial charge in [0, 0.05) is 28.2 Å². The first-order chi connectivity index (χ1) is 12.9. The molecular formula is C21H21BrN2O3. The van der Waals surface area contributed by atoms with Gasteiger partial charge in [-0.15, -0.1) is 0 Å². The average Bonchev–Trinajstić information content (AvgIpc) is 2.97. The van der Waals surface area contributed by atoms with Crippen LogP contribution < -0.4 is 5.32 Å². The second kappa shape index (κ2) is 7.96. The van der Waals surface area contributed by atoms with Crippen molar-refractivity contribution in [2.24, 2.45) is 0 Å². The molecule has 140 valence electrons. The van der Waals surface area contributed by atoms with Crippen molar-refractivity contribution in [2.45, 2.75) is 20.3 Å². The van der Waals surface area contributed by atoms with Crippen LogP contribution in [0.25, 0.3) is 11.0 Å². The van der Waals surface area contributed by atoms with Gasteiger partial charge in [-0.3, -0.25) is 9.59 Å². The van der Waals surface area contributed by atoms with Crippen molar-refractivity contribution in [2.75, 3.05) is 18.9 Å². The zero-order valence-electron chi connectivity index (χ0n) is 15.5. The van der Waals surface area contributed by atoms with Gasteiger partial charge >= 0.3 is 0 Å². The van der Waals surface area contributed by atoms with Crippen molar-refractivity contribution in [1.29, 1.82) is 0 Å². The lowest BCUT2D eigenvalue weighted by atomic mass is 10.1. The number of likely N-dealkylation sites (N-methyl/N-ethyl adjacent to an activating group) is 1. The summed E-state index contributed by atoms with van der Waals surface area (Å²) < 4.78 is 6.65. The Morgan fingerprint density at radius 1 is 1.19 bits per heavy atom. The van der Waals surface area contributed by atoms with Gasteiger partial charge < -0.3 is 14.6 Å². The molecule has 2 aromatic carbocycles. The quantitative estimate of drug-likeness (QED) is 0.635. The highest BCUT2D eigenvalue weighted by Gasteiger charge is 2.22. The average molecular weight is 429 g/mol. The molecule has 0 saturated carbocycles. The van der Waals surface area contributed by atoms with Crippen LogP contribution in [0.3, 0.4) is 0 Å². The molecule has 0 atom stereocenters.